The average Bonchev–Trinajstić information content (AvgIpc) is 2.34. The van der Waals surface area contributed by atoms with Crippen molar-refractivity contribution in [2.24, 2.45) is 11.8 Å². The molecule has 7 nitrogen and oxygen atoms in total. The van der Waals surface area contributed by atoms with Gasteiger partial charge in [-0.05, 0) is 31.6 Å². The van der Waals surface area contributed by atoms with Crippen LogP contribution in [0.2, 0.25) is 0 Å². The second kappa shape index (κ2) is 9.97. The molecule has 0 spiro atoms. The van der Waals surface area contributed by atoms with Crippen molar-refractivity contribution in [3.8, 4) is 0 Å². The van der Waals surface area contributed by atoms with E-state index >= 15 is 0 Å². The van der Waals surface area contributed by atoms with E-state index in [1.165, 1.54) is 6.92 Å². The Morgan fingerprint density at radius 3 is 1.74 bits per heavy atom. The number of ketones is 1. The van der Waals surface area contributed by atoms with Crippen LogP contribution in [0.1, 0.15) is 53.9 Å². The first-order valence-electron chi connectivity index (χ1n) is 7.84. The molecule has 0 aromatic rings. The fourth-order valence-electron chi connectivity index (χ4n) is 2.14. The largest absolute Gasteiger partial charge is 0.480 e. The molecule has 0 bridgehead atoms. The van der Waals surface area contributed by atoms with Gasteiger partial charge in [-0.1, -0.05) is 27.7 Å². The summed E-state index contributed by atoms with van der Waals surface area (Å²) in [6.45, 7) is 8.80. The standard InChI is InChI=1S/C16H28N2O5/c1-9(2)6-12(17-14(20)8-11(5)19)15(21)18-13(16(22)23)7-10(3)4/h9-10,12-13H,6-8H2,1-5H3,(H,17,20)(H,18,21)(H,22,23)/t12-,13+/m0/s1. The molecular formula is C16H28N2O5. The minimum absolute atomic E-state index is 0.104. The maximum absolute atomic E-state index is 12.3. The third-order valence-corrected chi connectivity index (χ3v) is 3.09. The van der Waals surface area contributed by atoms with Crippen LogP contribution < -0.4 is 10.6 Å². The Hall–Kier alpha value is -1.92. The van der Waals surface area contributed by atoms with Crippen molar-refractivity contribution in [1.82, 2.24) is 10.6 Å². The van der Waals surface area contributed by atoms with E-state index < -0.39 is 29.9 Å². The topological polar surface area (TPSA) is 113 Å². The van der Waals surface area contributed by atoms with Crippen molar-refractivity contribution in [2.75, 3.05) is 0 Å². The molecular weight excluding hydrogens is 300 g/mol. The molecule has 0 aliphatic rings. The molecule has 0 saturated heterocycles. The minimum atomic E-state index is -1.11. The molecule has 0 aliphatic carbocycles. The molecule has 23 heavy (non-hydrogen) atoms. The highest BCUT2D eigenvalue weighted by Crippen LogP contribution is 2.09. The van der Waals surface area contributed by atoms with E-state index in [-0.39, 0.29) is 24.0 Å². The summed E-state index contributed by atoms with van der Waals surface area (Å²) in [5, 5.41) is 14.2. The first kappa shape index (κ1) is 21.1. The number of carboxylic acids is 1. The zero-order valence-electron chi connectivity index (χ0n) is 14.5. The summed E-state index contributed by atoms with van der Waals surface area (Å²) in [7, 11) is 0. The molecule has 0 radical (unpaired) electrons. The monoisotopic (exact) mass is 328 g/mol. The quantitative estimate of drug-likeness (QED) is 0.520. The lowest BCUT2D eigenvalue weighted by Crippen LogP contribution is -2.52. The third kappa shape index (κ3) is 9.65. The van der Waals surface area contributed by atoms with Gasteiger partial charge in [-0.15, -0.1) is 0 Å². The van der Waals surface area contributed by atoms with Crippen LogP contribution in [-0.2, 0) is 19.2 Å². The molecule has 0 aliphatic heterocycles. The Morgan fingerprint density at radius 1 is 0.870 bits per heavy atom. The van der Waals surface area contributed by atoms with E-state index in [1.54, 1.807) is 0 Å². The smallest absolute Gasteiger partial charge is 0.326 e. The van der Waals surface area contributed by atoms with Crippen molar-refractivity contribution < 1.29 is 24.3 Å². The predicted molar refractivity (Wildman–Crippen MR) is 85.7 cm³/mol. The lowest BCUT2D eigenvalue weighted by Gasteiger charge is -2.23. The molecule has 0 unspecified atom stereocenters. The van der Waals surface area contributed by atoms with Crippen LogP contribution in [0.3, 0.4) is 0 Å². The van der Waals surface area contributed by atoms with Gasteiger partial charge >= 0.3 is 5.97 Å². The van der Waals surface area contributed by atoms with Gasteiger partial charge in [-0.25, -0.2) is 4.79 Å². The van der Waals surface area contributed by atoms with E-state index in [0.29, 0.717) is 12.8 Å². The maximum Gasteiger partial charge on any atom is 0.326 e. The summed E-state index contributed by atoms with van der Waals surface area (Å²) in [6.07, 6.45) is 0.372. The van der Waals surface area contributed by atoms with Gasteiger partial charge in [0.05, 0.1) is 6.42 Å². The molecule has 2 amide bonds. The summed E-state index contributed by atoms with van der Waals surface area (Å²) in [5.74, 6) is -2.25. The van der Waals surface area contributed by atoms with Gasteiger partial charge in [0.1, 0.15) is 17.9 Å². The minimum Gasteiger partial charge on any atom is -0.480 e. The van der Waals surface area contributed by atoms with Crippen molar-refractivity contribution in [1.29, 1.82) is 0 Å². The van der Waals surface area contributed by atoms with E-state index in [2.05, 4.69) is 10.6 Å². The highest BCUT2D eigenvalue weighted by molar-refractivity contribution is 5.99. The molecule has 0 rings (SSSR count). The number of hydrogen-bond donors (Lipinski definition) is 3. The van der Waals surface area contributed by atoms with Gasteiger partial charge < -0.3 is 15.7 Å². The lowest BCUT2D eigenvalue weighted by molar-refractivity contribution is -0.142. The van der Waals surface area contributed by atoms with Crippen molar-refractivity contribution in [3.05, 3.63) is 0 Å². The van der Waals surface area contributed by atoms with Gasteiger partial charge in [0.25, 0.3) is 0 Å². The Balaban J connectivity index is 4.93. The molecule has 2 atom stereocenters. The predicted octanol–water partition coefficient (Wildman–Crippen LogP) is 1.11. The van der Waals surface area contributed by atoms with Crippen LogP contribution in [0.15, 0.2) is 0 Å². The second-order valence-electron chi connectivity index (χ2n) is 6.66. The van der Waals surface area contributed by atoms with Crippen LogP contribution in [0.5, 0.6) is 0 Å². The fraction of sp³-hybridized carbons (Fsp3) is 0.750. The van der Waals surface area contributed by atoms with Gasteiger partial charge in [0.15, 0.2) is 0 Å². The molecule has 0 saturated carbocycles. The molecule has 132 valence electrons. The molecule has 3 N–H and O–H groups in total. The molecule has 0 aromatic heterocycles. The SMILES string of the molecule is CC(=O)CC(=O)N[C@@H](CC(C)C)C(=O)N[C@H](CC(C)C)C(=O)O. The van der Waals surface area contributed by atoms with E-state index in [1.807, 2.05) is 27.7 Å². The Labute approximate surface area is 137 Å². The van der Waals surface area contributed by atoms with Gasteiger partial charge in [-0.2, -0.15) is 0 Å². The van der Waals surface area contributed by atoms with Crippen LogP contribution in [0.4, 0.5) is 0 Å². The first-order valence-corrected chi connectivity index (χ1v) is 7.84. The number of Topliss-reactive ketones (excluding diaryl/α,β-unsaturated/α-hetero) is 1. The average molecular weight is 328 g/mol. The molecule has 0 heterocycles. The zero-order valence-corrected chi connectivity index (χ0v) is 14.5. The normalized spacial score (nSPS) is 13.5. The van der Waals surface area contributed by atoms with Crippen molar-refractivity contribution in [3.63, 3.8) is 0 Å². The van der Waals surface area contributed by atoms with Crippen LogP contribution >= 0.6 is 0 Å². The number of carbonyl (C=O) groups is 4. The number of hydrogen-bond acceptors (Lipinski definition) is 4. The fourth-order valence-corrected chi connectivity index (χ4v) is 2.14. The third-order valence-electron chi connectivity index (χ3n) is 3.09. The van der Waals surface area contributed by atoms with Crippen molar-refractivity contribution >= 4 is 23.6 Å². The number of amides is 2. The summed E-state index contributed by atoms with van der Waals surface area (Å²) in [4.78, 5) is 46.3. The number of carbonyl (C=O) groups excluding carboxylic acids is 3. The number of rotatable bonds is 10. The molecule has 0 aromatic carbocycles. The summed E-state index contributed by atoms with van der Waals surface area (Å²) >= 11 is 0. The lowest BCUT2D eigenvalue weighted by atomic mass is 10.0. The van der Waals surface area contributed by atoms with Crippen LogP contribution in [0.25, 0.3) is 0 Å². The van der Waals surface area contributed by atoms with E-state index in [4.69, 9.17) is 0 Å². The Bertz CT molecular complexity index is 446. The number of aliphatic carboxylic acids is 1. The highest BCUT2D eigenvalue weighted by atomic mass is 16.4. The van der Waals surface area contributed by atoms with E-state index in [9.17, 15) is 24.3 Å². The molecule has 0 fully saturated rings. The summed E-state index contributed by atoms with van der Waals surface area (Å²) < 4.78 is 0. The van der Waals surface area contributed by atoms with Crippen molar-refractivity contribution in [2.45, 2.75) is 66.0 Å². The Morgan fingerprint density at radius 2 is 1.35 bits per heavy atom. The summed E-state index contributed by atoms with van der Waals surface area (Å²) in [5.41, 5.74) is 0. The molecule has 7 heteroatoms. The van der Waals surface area contributed by atoms with E-state index in [0.717, 1.165) is 0 Å². The van der Waals surface area contributed by atoms with Gasteiger partial charge in [0, 0.05) is 0 Å². The zero-order chi connectivity index (χ0) is 18.2. The maximum atomic E-state index is 12.3. The Kier molecular flexibility index (Phi) is 9.14. The number of carboxylic acid groups (broad SMARTS) is 1. The second-order valence-corrected chi connectivity index (χ2v) is 6.66. The highest BCUT2D eigenvalue weighted by Gasteiger charge is 2.27. The first-order chi connectivity index (χ1) is 10.5. The van der Waals surface area contributed by atoms with Gasteiger partial charge in [0.2, 0.25) is 11.8 Å². The number of nitrogens with one attached hydrogen (secondary N) is 2. The van der Waals surface area contributed by atoms with Gasteiger partial charge in [-0.3, -0.25) is 14.4 Å². The summed E-state index contributed by atoms with van der Waals surface area (Å²) in [6, 6.07) is -1.85. The van der Waals surface area contributed by atoms with Crippen LogP contribution in [0, 0.1) is 11.8 Å². The van der Waals surface area contributed by atoms with Crippen LogP contribution in [-0.4, -0.2) is 40.8 Å².